The van der Waals surface area contributed by atoms with Gasteiger partial charge in [-0.05, 0) is 26.3 Å². The monoisotopic (exact) mass is 215 g/mol. The lowest BCUT2D eigenvalue weighted by Crippen LogP contribution is -2.36. The van der Waals surface area contributed by atoms with Crippen LogP contribution >= 0.6 is 0 Å². The zero-order valence-electron chi connectivity index (χ0n) is 10.3. The second-order valence-electron chi connectivity index (χ2n) is 3.91. The van der Waals surface area contributed by atoms with Crippen LogP contribution in [-0.2, 0) is 4.74 Å². The Kier molecular flexibility index (Phi) is 8.33. The Morgan fingerprint density at radius 1 is 1.47 bits per heavy atom. The normalized spacial score (nSPS) is 13.1. The molecule has 0 aromatic rings. The van der Waals surface area contributed by atoms with E-state index < -0.39 is 0 Å². The highest BCUT2D eigenvalue weighted by Gasteiger charge is 2.11. The van der Waals surface area contributed by atoms with Crippen LogP contribution in [0.4, 0.5) is 0 Å². The van der Waals surface area contributed by atoms with Crippen LogP contribution < -0.4 is 5.73 Å². The molecule has 1 unspecified atom stereocenters. The van der Waals surface area contributed by atoms with Crippen LogP contribution in [0.1, 0.15) is 33.1 Å². The molecular weight excluding hydrogens is 190 g/mol. The number of nitrogens with two attached hydrogens (primary N) is 1. The van der Waals surface area contributed by atoms with Crippen molar-refractivity contribution < 1.29 is 4.74 Å². The van der Waals surface area contributed by atoms with Gasteiger partial charge in [-0.15, -0.1) is 0 Å². The molecule has 0 saturated heterocycles. The summed E-state index contributed by atoms with van der Waals surface area (Å²) < 4.78 is 5.09. The predicted molar refractivity (Wildman–Crippen MR) is 64.4 cm³/mol. The molecule has 0 aliphatic heterocycles. The maximum absolute atomic E-state index is 7.16. The molecule has 0 heterocycles. The zero-order valence-corrected chi connectivity index (χ0v) is 10.3. The Morgan fingerprint density at radius 3 is 2.60 bits per heavy atom. The van der Waals surface area contributed by atoms with Gasteiger partial charge in [0.05, 0.1) is 12.4 Å². The number of nitrogens with zero attached hydrogens (tertiary/aromatic N) is 1. The topological polar surface area (TPSA) is 62.3 Å². The molecule has 0 spiro atoms. The van der Waals surface area contributed by atoms with Gasteiger partial charge in [0.2, 0.25) is 0 Å². The quantitative estimate of drug-likeness (QED) is 0.452. The molecule has 0 aromatic carbocycles. The fraction of sp³-hybridized carbons (Fsp3) is 0.909. The molecule has 0 bridgehead atoms. The highest BCUT2D eigenvalue weighted by atomic mass is 16.5. The SMILES string of the molecule is CCC(C)N(CCCC(=N)N)CCOC. The second kappa shape index (κ2) is 8.68. The summed E-state index contributed by atoms with van der Waals surface area (Å²) in [6, 6.07) is 0.576. The summed E-state index contributed by atoms with van der Waals surface area (Å²) >= 11 is 0. The van der Waals surface area contributed by atoms with Crippen molar-refractivity contribution in [2.45, 2.75) is 39.2 Å². The number of methoxy groups -OCH3 is 1. The van der Waals surface area contributed by atoms with E-state index in [1.54, 1.807) is 7.11 Å². The third-order valence-corrected chi connectivity index (χ3v) is 2.69. The Bertz CT molecular complexity index is 173. The highest BCUT2D eigenvalue weighted by Crippen LogP contribution is 2.05. The smallest absolute Gasteiger partial charge is 0.0905 e. The molecule has 0 rings (SSSR count). The van der Waals surface area contributed by atoms with Gasteiger partial charge < -0.3 is 10.5 Å². The van der Waals surface area contributed by atoms with E-state index in [0.29, 0.717) is 12.5 Å². The van der Waals surface area contributed by atoms with Crippen molar-refractivity contribution in [2.75, 3.05) is 26.8 Å². The lowest BCUT2D eigenvalue weighted by atomic mass is 10.2. The molecule has 15 heavy (non-hydrogen) atoms. The van der Waals surface area contributed by atoms with Crippen LogP contribution in [0.3, 0.4) is 0 Å². The van der Waals surface area contributed by atoms with Crippen molar-refractivity contribution >= 4 is 5.84 Å². The standard InChI is InChI=1S/C11H25N3O/c1-4-10(2)14(8-9-15-3)7-5-6-11(12)13/h10H,4-9H2,1-3H3,(H3,12,13). The molecule has 0 aliphatic carbocycles. The van der Waals surface area contributed by atoms with Crippen molar-refractivity contribution in [3.05, 3.63) is 0 Å². The number of hydrogen-bond donors (Lipinski definition) is 2. The summed E-state index contributed by atoms with van der Waals surface area (Å²) in [5, 5.41) is 7.16. The molecule has 1 atom stereocenters. The van der Waals surface area contributed by atoms with Crippen LogP contribution in [0.5, 0.6) is 0 Å². The van der Waals surface area contributed by atoms with Gasteiger partial charge in [-0.1, -0.05) is 6.92 Å². The van der Waals surface area contributed by atoms with E-state index in [2.05, 4.69) is 18.7 Å². The number of rotatable bonds is 9. The highest BCUT2D eigenvalue weighted by molar-refractivity contribution is 5.76. The first-order chi connectivity index (χ1) is 7.11. The lowest BCUT2D eigenvalue weighted by Gasteiger charge is -2.27. The van der Waals surface area contributed by atoms with E-state index in [-0.39, 0.29) is 5.84 Å². The Hall–Kier alpha value is -0.610. The van der Waals surface area contributed by atoms with Crippen LogP contribution in [-0.4, -0.2) is 43.6 Å². The number of nitrogens with one attached hydrogen (secondary N) is 1. The minimum atomic E-state index is 0.283. The van der Waals surface area contributed by atoms with Gasteiger partial charge in [-0.2, -0.15) is 0 Å². The fourth-order valence-electron chi connectivity index (χ4n) is 1.49. The molecule has 4 heteroatoms. The maximum Gasteiger partial charge on any atom is 0.0905 e. The van der Waals surface area contributed by atoms with Crippen molar-refractivity contribution in [2.24, 2.45) is 5.73 Å². The van der Waals surface area contributed by atoms with E-state index in [4.69, 9.17) is 15.9 Å². The molecule has 0 aliphatic rings. The Labute approximate surface area is 93.3 Å². The van der Waals surface area contributed by atoms with Crippen molar-refractivity contribution in [3.8, 4) is 0 Å². The number of amidine groups is 1. The largest absolute Gasteiger partial charge is 0.388 e. The van der Waals surface area contributed by atoms with E-state index >= 15 is 0 Å². The van der Waals surface area contributed by atoms with Gasteiger partial charge in [0.15, 0.2) is 0 Å². The van der Waals surface area contributed by atoms with Gasteiger partial charge in [0.1, 0.15) is 0 Å². The van der Waals surface area contributed by atoms with E-state index in [9.17, 15) is 0 Å². The van der Waals surface area contributed by atoms with Crippen LogP contribution in [0.15, 0.2) is 0 Å². The first-order valence-electron chi connectivity index (χ1n) is 5.67. The van der Waals surface area contributed by atoms with Gasteiger partial charge in [-0.3, -0.25) is 10.3 Å². The average Bonchev–Trinajstić information content (AvgIpc) is 2.21. The second-order valence-corrected chi connectivity index (χ2v) is 3.91. The molecule has 0 fully saturated rings. The summed E-state index contributed by atoms with van der Waals surface area (Å²) in [5.41, 5.74) is 5.33. The molecule has 3 N–H and O–H groups in total. The molecule has 4 nitrogen and oxygen atoms in total. The zero-order chi connectivity index (χ0) is 11.7. The maximum atomic E-state index is 7.16. The third kappa shape index (κ3) is 7.33. The van der Waals surface area contributed by atoms with Gasteiger partial charge in [0, 0.05) is 26.1 Å². The lowest BCUT2D eigenvalue weighted by molar-refractivity contribution is 0.122. The number of ether oxygens (including phenoxy) is 1. The first kappa shape index (κ1) is 14.4. The summed E-state index contributed by atoms with van der Waals surface area (Å²) in [6.07, 6.45) is 2.80. The van der Waals surface area contributed by atoms with Crippen LogP contribution in [0, 0.1) is 5.41 Å². The molecule has 0 radical (unpaired) electrons. The molecule has 0 aromatic heterocycles. The fourth-order valence-corrected chi connectivity index (χ4v) is 1.49. The summed E-state index contributed by atoms with van der Waals surface area (Å²) in [4.78, 5) is 2.40. The van der Waals surface area contributed by atoms with E-state index in [1.165, 1.54) is 0 Å². The van der Waals surface area contributed by atoms with E-state index in [0.717, 1.165) is 32.5 Å². The van der Waals surface area contributed by atoms with E-state index in [1.807, 2.05) is 0 Å². The first-order valence-corrected chi connectivity index (χ1v) is 5.67. The Morgan fingerprint density at radius 2 is 2.13 bits per heavy atom. The molecule has 90 valence electrons. The minimum Gasteiger partial charge on any atom is -0.388 e. The third-order valence-electron chi connectivity index (χ3n) is 2.69. The molecule has 0 saturated carbocycles. The van der Waals surface area contributed by atoms with Crippen LogP contribution in [0.2, 0.25) is 0 Å². The van der Waals surface area contributed by atoms with Gasteiger partial charge in [0.25, 0.3) is 0 Å². The predicted octanol–water partition coefficient (Wildman–Crippen LogP) is 1.45. The number of hydrogen-bond acceptors (Lipinski definition) is 3. The summed E-state index contributed by atoms with van der Waals surface area (Å²) in [5.74, 6) is 0.283. The van der Waals surface area contributed by atoms with Crippen molar-refractivity contribution in [3.63, 3.8) is 0 Å². The van der Waals surface area contributed by atoms with Crippen molar-refractivity contribution in [1.82, 2.24) is 4.90 Å². The Balaban J connectivity index is 3.84. The summed E-state index contributed by atoms with van der Waals surface area (Å²) in [6.45, 7) is 7.14. The summed E-state index contributed by atoms with van der Waals surface area (Å²) in [7, 11) is 1.73. The molecular formula is C11H25N3O. The molecule has 0 amide bonds. The van der Waals surface area contributed by atoms with Crippen LogP contribution in [0.25, 0.3) is 0 Å². The van der Waals surface area contributed by atoms with Crippen molar-refractivity contribution in [1.29, 1.82) is 5.41 Å². The van der Waals surface area contributed by atoms with Gasteiger partial charge in [-0.25, -0.2) is 0 Å². The average molecular weight is 215 g/mol. The minimum absolute atomic E-state index is 0.283. The van der Waals surface area contributed by atoms with Gasteiger partial charge >= 0.3 is 0 Å².